The maximum absolute atomic E-state index is 12.3. The number of nitrogens with zero attached hydrogens (tertiary/aromatic N) is 1. The molecule has 0 unspecified atom stereocenters. The summed E-state index contributed by atoms with van der Waals surface area (Å²) in [5, 5.41) is 1.65. The Morgan fingerprint density at radius 3 is 2.52 bits per heavy atom. The molecule has 0 bridgehead atoms. The van der Waals surface area contributed by atoms with E-state index in [4.69, 9.17) is 49.0 Å². The van der Waals surface area contributed by atoms with Gasteiger partial charge in [-0.25, -0.2) is 9.79 Å². The number of carbonyl (C=O) groups excluding carboxylic acids is 1. The third-order valence-electron chi connectivity index (χ3n) is 4.93. The molecule has 0 N–H and O–H groups in total. The summed E-state index contributed by atoms with van der Waals surface area (Å²) < 4.78 is 16.6. The third kappa shape index (κ3) is 5.33. The van der Waals surface area contributed by atoms with E-state index in [9.17, 15) is 4.79 Å². The number of hydrogen-bond acceptors (Lipinski definition) is 5. The summed E-state index contributed by atoms with van der Waals surface area (Å²) in [5.74, 6) is 0.687. The fraction of sp³-hybridized carbons (Fsp3) is 0.120. The fourth-order valence-electron chi connectivity index (χ4n) is 3.10. The minimum absolute atomic E-state index is 0.172. The van der Waals surface area contributed by atoms with Gasteiger partial charge < -0.3 is 14.2 Å². The number of hydrogen-bond donors (Lipinski definition) is 0. The van der Waals surface area contributed by atoms with E-state index in [0.29, 0.717) is 37.7 Å². The van der Waals surface area contributed by atoms with Crippen LogP contribution in [0.5, 0.6) is 11.5 Å². The highest BCUT2D eigenvalue weighted by Gasteiger charge is 2.24. The van der Waals surface area contributed by atoms with Crippen LogP contribution in [-0.4, -0.2) is 19.0 Å². The molecule has 8 heteroatoms. The molecule has 168 valence electrons. The SMILES string of the molecule is COc1cc(/C=C2/N=C(c3ccc(C)c(Cl)c3)OC2=O)ccc1OCc1ccc(Cl)cc1Cl. The van der Waals surface area contributed by atoms with Crippen molar-refractivity contribution in [2.45, 2.75) is 13.5 Å². The zero-order valence-electron chi connectivity index (χ0n) is 17.7. The Hall–Kier alpha value is -2.99. The van der Waals surface area contributed by atoms with Crippen LogP contribution >= 0.6 is 34.8 Å². The molecule has 0 atom stereocenters. The molecule has 1 aliphatic heterocycles. The van der Waals surface area contributed by atoms with Gasteiger partial charge in [0.1, 0.15) is 6.61 Å². The maximum atomic E-state index is 12.3. The van der Waals surface area contributed by atoms with Crippen LogP contribution in [0.4, 0.5) is 0 Å². The van der Waals surface area contributed by atoms with Crippen molar-refractivity contribution in [1.29, 1.82) is 0 Å². The van der Waals surface area contributed by atoms with Gasteiger partial charge in [-0.1, -0.05) is 53.0 Å². The molecule has 0 spiro atoms. The summed E-state index contributed by atoms with van der Waals surface area (Å²) >= 11 is 18.3. The number of benzene rings is 3. The molecule has 0 saturated heterocycles. The lowest BCUT2D eigenvalue weighted by Crippen LogP contribution is -2.05. The number of methoxy groups -OCH3 is 1. The molecule has 1 heterocycles. The number of halogens is 3. The van der Waals surface area contributed by atoms with Crippen molar-refractivity contribution < 1.29 is 19.0 Å². The molecule has 4 rings (SSSR count). The summed E-state index contributed by atoms with van der Waals surface area (Å²) in [6, 6.07) is 15.9. The molecule has 3 aromatic carbocycles. The lowest BCUT2D eigenvalue weighted by atomic mass is 10.1. The number of aliphatic imine (C=N–C) groups is 1. The summed E-state index contributed by atoms with van der Waals surface area (Å²) in [5.41, 5.74) is 3.22. The summed E-state index contributed by atoms with van der Waals surface area (Å²) in [7, 11) is 1.54. The lowest BCUT2D eigenvalue weighted by molar-refractivity contribution is -0.129. The molecule has 1 aliphatic rings. The summed E-state index contributed by atoms with van der Waals surface area (Å²) in [6.45, 7) is 2.14. The Kier molecular flexibility index (Phi) is 6.94. The number of ether oxygens (including phenoxy) is 3. The number of rotatable bonds is 6. The number of esters is 1. The molecule has 0 saturated carbocycles. The predicted octanol–water partition coefficient (Wildman–Crippen LogP) is 6.89. The second-order valence-corrected chi connectivity index (χ2v) is 8.49. The van der Waals surface area contributed by atoms with Gasteiger partial charge in [-0.2, -0.15) is 0 Å². The van der Waals surface area contributed by atoms with E-state index < -0.39 is 5.97 Å². The molecule has 0 radical (unpaired) electrons. The minimum Gasteiger partial charge on any atom is -0.493 e. The zero-order valence-corrected chi connectivity index (χ0v) is 20.0. The van der Waals surface area contributed by atoms with Crippen molar-refractivity contribution in [1.82, 2.24) is 0 Å². The maximum Gasteiger partial charge on any atom is 0.363 e. The molecular formula is C25H18Cl3NO4. The van der Waals surface area contributed by atoms with Crippen molar-refractivity contribution in [3.05, 3.63) is 97.6 Å². The Bertz CT molecular complexity index is 1300. The van der Waals surface area contributed by atoms with Crippen LogP contribution in [0.1, 0.15) is 22.3 Å². The smallest absolute Gasteiger partial charge is 0.363 e. The average molecular weight is 503 g/mol. The van der Waals surface area contributed by atoms with E-state index in [1.54, 1.807) is 54.6 Å². The first-order chi connectivity index (χ1) is 15.8. The molecule has 33 heavy (non-hydrogen) atoms. The monoisotopic (exact) mass is 501 g/mol. The highest BCUT2D eigenvalue weighted by molar-refractivity contribution is 6.35. The van der Waals surface area contributed by atoms with E-state index in [1.807, 2.05) is 13.0 Å². The van der Waals surface area contributed by atoms with Crippen molar-refractivity contribution in [2.24, 2.45) is 4.99 Å². The van der Waals surface area contributed by atoms with Gasteiger partial charge in [-0.3, -0.25) is 0 Å². The first kappa shape index (κ1) is 23.2. The van der Waals surface area contributed by atoms with Crippen molar-refractivity contribution in [2.75, 3.05) is 7.11 Å². The number of cyclic esters (lactones) is 1. The van der Waals surface area contributed by atoms with Gasteiger partial charge in [0.2, 0.25) is 5.90 Å². The standard InChI is InChI=1S/C25H18Cl3NO4/c1-14-3-5-16(11-19(14)27)24-29-21(25(30)33-24)9-15-4-8-22(23(10-15)31-2)32-13-17-6-7-18(26)12-20(17)28/h3-12H,13H2,1-2H3/b21-9+. The molecular weight excluding hydrogens is 485 g/mol. The largest absolute Gasteiger partial charge is 0.493 e. The second kappa shape index (κ2) is 9.87. The fourth-order valence-corrected chi connectivity index (χ4v) is 3.75. The minimum atomic E-state index is -0.543. The molecule has 0 aliphatic carbocycles. The molecule has 5 nitrogen and oxygen atoms in total. The van der Waals surface area contributed by atoms with E-state index in [2.05, 4.69) is 4.99 Å². The van der Waals surface area contributed by atoms with Crippen molar-refractivity contribution in [3.63, 3.8) is 0 Å². The van der Waals surface area contributed by atoms with E-state index in [1.165, 1.54) is 7.11 Å². The first-order valence-corrected chi connectivity index (χ1v) is 11.0. The second-order valence-electron chi connectivity index (χ2n) is 7.23. The van der Waals surface area contributed by atoms with Gasteiger partial charge in [0, 0.05) is 26.2 Å². The van der Waals surface area contributed by atoms with Gasteiger partial charge >= 0.3 is 5.97 Å². The van der Waals surface area contributed by atoms with E-state index in [-0.39, 0.29) is 18.2 Å². The Morgan fingerprint density at radius 2 is 1.79 bits per heavy atom. The predicted molar refractivity (Wildman–Crippen MR) is 131 cm³/mol. The van der Waals surface area contributed by atoms with Gasteiger partial charge in [0.25, 0.3) is 0 Å². The third-order valence-corrected chi connectivity index (χ3v) is 5.92. The van der Waals surface area contributed by atoms with Gasteiger partial charge in [0.15, 0.2) is 17.2 Å². The van der Waals surface area contributed by atoms with Crippen molar-refractivity contribution in [3.8, 4) is 11.5 Å². The van der Waals surface area contributed by atoms with E-state index in [0.717, 1.165) is 11.1 Å². The van der Waals surface area contributed by atoms with Gasteiger partial charge in [0.05, 0.1) is 7.11 Å². The van der Waals surface area contributed by atoms with Crippen molar-refractivity contribution >= 4 is 52.7 Å². The van der Waals surface area contributed by atoms with Crippen LogP contribution in [0.15, 0.2) is 65.3 Å². The van der Waals surface area contributed by atoms with Crippen LogP contribution in [-0.2, 0) is 16.1 Å². The molecule has 3 aromatic rings. The number of carbonyl (C=O) groups is 1. The average Bonchev–Trinajstić information content (AvgIpc) is 3.15. The highest BCUT2D eigenvalue weighted by atomic mass is 35.5. The summed E-state index contributed by atoms with van der Waals surface area (Å²) in [6.07, 6.45) is 1.62. The summed E-state index contributed by atoms with van der Waals surface area (Å²) in [4.78, 5) is 16.7. The normalized spacial score (nSPS) is 14.3. The number of aryl methyl sites for hydroxylation is 1. The molecule has 0 aromatic heterocycles. The first-order valence-electron chi connectivity index (χ1n) is 9.88. The Labute approximate surface area is 206 Å². The van der Waals surface area contributed by atoms with Gasteiger partial charge in [-0.05, 0) is 60.5 Å². The van der Waals surface area contributed by atoms with Crippen LogP contribution in [0.3, 0.4) is 0 Å². The topological polar surface area (TPSA) is 57.1 Å². The Morgan fingerprint density at radius 1 is 0.970 bits per heavy atom. The molecule has 0 fully saturated rings. The Balaban J connectivity index is 1.54. The van der Waals surface area contributed by atoms with Crippen LogP contribution in [0, 0.1) is 6.92 Å². The zero-order chi connectivity index (χ0) is 23.5. The quantitative estimate of drug-likeness (QED) is 0.272. The van der Waals surface area contributed by atoms with Crippen LogP contribution in [0.25, 0.3) is 6.08 Å². The lowest BCUT2D eigenvalue weighted by Gasteiger charge is -2.12. The van der Waals surface area contributed by atoms with Crippen LogP contribution < -0.4 is 9.47 Å². The van der Waals surface area contributed by atoms with Gasteiger partial charge in [-0.15, -0.1) is 0 Å². The highest BCUT2D eigenvalue weighted by Crippen LogP contribution is 2.31. The molecule has 0 amide bonds. The van der Waals surface area contributed by atoms with Crippen LogP contribution in [0.2, 0.25) is 15.1 Å². The van der Waals surface area contributed by atoms with E-state index >= 15 is 0 Å².